The van der Waals surface area contributed by atoms with Crippen LogP contribution in [0.5, 0.6) is 0 Å². The van der Waals surface area contributed by atoms with Gasteiger partial charge in [-0.3, -0.25) is 19.5 Å². The van der Waals surface area contributed by atoms with Gasteiger partial charge in [0.2, 0.25) is 11.8 Å². The molecule has 1 saturated heterocycles. The van der Waals surface area contributed by atoms with E-state index in [1.165, 1.54) is 10.5 Å². The molecule has 1 aromatic carbocycles. The van der Waals surface area contributed by atoms with Crippen molar-refractivity contribution in [1.82, 2.24) is 15.5 Å². The number of hydrogen-bond donors (Lipinski definition) is 2. The second kappa shape index (κ2) is 8.73. The standard InChI is InChI=1S/C23H27ClN4O2.HI/c1-25-22(27-13-23(8-9-23)16-4-6-17(24)7-5-16)26-10-11-28-20(29)18-14-2-3-15(12-14)19(18)21(28)30;/h2-7,14-15,18-19H,8-13H2,1H3,(H2,25,26,27);1H. The number of rotatable bonds is 6. The van der Waals surface area contributed by atoms with E-state index in [2.05, 4.69) is 39.9 Å². The molecule has 3 aliphatic carbocycles. The van der Waals surface area contributed by atoms with E-state index >= 15 is 0 Å². The van der Waals surface area contributed by atoms with Gasteiger partial charge in [0.05, 0.1) is 11.8 Å². The molecule has 8 heteroatoms. The summed E-state index contributed by atoms with van der Waals surface area (Å²) in [5.41, 5.74) is 1.42. The molecule has 2 amide bonds. The highest BCUT2D eigenvalue weighted by molar-refractivity contribution is 14.0. The van der Waals surface area contributed by atoms with Gasteiger partial charge in [0.25, 0.3) is 0 Å². The Balaban J connectivity index is 0.00000231. The van der Waals surface area contributed by atoms with Crippen molar-refractivity contribution in [1.29, 1.82) is 0 Å². The van der Waals surface area contributed by atoms with Gasteiger partial charge in [0, 0.05) is 37.1 Å². The van der Waals surface area contributed by atoms with E-state index in [-0.39, 0.29) is 64.9 Å². The first kappa shape index (κ1) is 22.6. The maximum atomic E-state index is 12.8. The summed E-state index contributed by atoms with van der Waals surface area (Å²) in [6.45, 7) is 1.66. The lowest BCUT2D eigenvalue weighted by Crippen LogP contribution is -2.45. The lowest BCUT2D eigenvalue weighted by atomic mass is 9.85. The summed E-state index contributed by atoms with van der Waals surface area (Å²) in [7, 11) is 1.73. The van der Waals surface area contributed by atoms with E-state index in [1.807, 2.05) is 12.1 Å². The van der Waals surface area contributed by atoms with Crippen molar-refractivity contribution in [3.05, 3.63) is 47.0 Å². The van der Waals surface area contributed by atoms with Crippen LogP contribution in [-0.4, -0.2) is 49.4 Å². The highest BCUT2D eigenvalue weighted by atomic mass is 127. The van der Waals surface area contributed by atoms with Crippen LogP contribution in [0, 0.1) is 23.7 Å². The largest absolute Gasteiger partial charge is 0.356 e. The van der Waals surface area contributed by atoms with Gasteiger partial charge in [-0.05, 0) is 48.8 Å². The second-order valence-corrected chi connectivity index (χ2v) is 9.40. The Morgan fingerprint density at radius 1 is 1.10 bits per heavy atom. The molecule has 3 fully saturated rings. The van der Waals surface area contributed by atoms with E-state index in [0.29, 0.717) is 19.0 Å². The van der Waals surface area contributed by atoms with Crippen molar-refractivity contribution >= 4 is 53.4 Å². The van der Waals surface area contributed by atoms with Crippen LogP contribution in [0.25, 0.3) is 0 Å². The molecule has 0 radical (unpaired) electrons. The first-order valence-electron chi connectivity index (χ1n) is 10.8. The molecule has 6 nitrogen and oxygen atoms in total. The zero-order chi connectivity index (χ0) is 20.9. The third kappa shape index (κ3) is 3.99. The number of aliphatic imine (C=N–C) groups is 1. The third-order valence-corrected chi connectivity index (χ3v) is 7.57. The van der Waals surface area contributed by atoms with E-state index < -0.39 is 0 Å². The average molecular weight is 555 g/mol. The summed E-state index contributed by atoms with van der Waals surface area (Å²) >= 11 is 6.01. The summed E-state index contributed by atoms with van der Waals surface area (Å²) in [4.78, 5) is 31.3. The molecule has 2 bridgehead atoms. The summed E-state index contributed by atoms with van der Waals surface area (Å²) < 4.78 is 0. The zero-order valence-corrected chi connectivity index (χ0v) is 20.6. The number of likely N-dealkylation sites (tertiary alicyclic amines) is 1. The van der Waals surface area contributed by atoms with Crippen LogP contribution in [0.15, 0.2) is 41.4 Å². The summed E-state index contributed by atoms with van der Waals surface area (Å²) in [6, 6.07) is 8.06. The number of amides is 2. The Bertz CT molecular complexity index is 898. The quantitative estimate of drug-likeness (QED) is 0.186. The lowest BCUT2D eigenvalue weighted by molar-refractivity contribution is -0.140. The third-order valence-electron chi connectivity index (χ3n) is 7.32. The van der Waals surface area contributed by atoms with Gasteiger partial charge >= 0.3 is 0 Å². The van der Waals surface area contributed by atoms with Gasteiger partial charge in [-0.1, -0.05) is 35.9 Å². The first-order chi connectivity index (χ1) is 14.5. The molecule has 4 unspecified atom stereocenters. The Labute approximate surface area is 204 Å². The fourth-order valence-corrected chi connectivity index (χ4v) is 5.59. The van der Waals surface area contributed by atoms with E-state index in [0.717, 1.165) is 30.8 Å². The number of hydrogen-bond acceptors (Lipinski definition) is 3. The predicted octanol–water partition coefficient (Wildman–Crippen LogP) is 2.96. The van der Waals surface area contributed by atoms with Gasteiger partial charge in [-0.25, -0.2) is 0 Å². The SMILES string of the molecule is CN=C(NCCN1C(=O)C2C3C=CC(C3)C2C1=O)NCC1(c2ccc(Cl)cc2)CC1.I. The minimum Gasteiger partial charge on any atom is -0.356 e. The fourth-order valence-electron chi connectivity index (χ4n) is 5.47. The van der Waals surface area contributed by atoms with E-state index in [1.54, 1.807) is 7.05 Å². The van der Waals surface area contributed by atoms with Crippen LogP contribution in [0.3, 0.4) is 0 Å². The second-order valence-electron chi connectivity index (χ2n) is 8.97. The number of nitrogens with one attached hydrogen (secondary N) is 2. The van der Waals surface area contributed by atoms with Crippen molar-refractivity contribution in [2.45, 2.75) is 24.7 Å². The molecular formula is C23H28ClIN4O2. The van der Waals surface area contributed by atoms with Crippen LogP contribution < -0.4 is 10.6 Å². The number of benzene rings is 1. The average Bonchev–Trinajstić information content (AvgIpc) is 3.13. The van der Waals surface area contributed by atoms with Gasteiger partial charge in [-0.15, -0.1) is 24.0 Å². The Kier molecular flexibility index (Phi) is 6.36. The molecule has 4 aliphatic rings. The molecule has 0 aromatic heterocycles. The number of nitrogens with zero attached hydrogens (tertiary/aromatic N) is 2. The van der Waals surface area contributed by atoms with Crippen molar-refractivity contribution in [3.8, 4) is 0 Å². The smallest absolute Gasteiger partial charge is 0.233 e. The zero-order valence-electron chi connectivity index (χ0n) is 17.5. The number of carbonyl (C=O) groups is 2. The number of carbonyl (C=O) groups excluding carboxylic acids is 2. The molecule has 2 saturated carbocycles. The van der Waals surface area contributed by atoms with Gasteiger partial charge in [0.15, 0.2) is 5.96 Å². The fraction of sp³-hybridized carbons (Fsp3) is 0.522. The van der Waals surface area contributed by atoms with E-state index in [9.17, 15) is 9.59 Å². The Morgan fingerprint density at radius 3 is 2.26 bits per heavy atom. The van der Waals surface area contributed by atoms with Crippen molar-refractivity contribution in [2.24, 2.45) is 28.7 Å². The number of fused-ring (bicyclic) bond motifs is 5. The molecule has 166 valence electrons. The number of allylic oxidation sites excluding steroid dienone is 2. The van der Waals surface area contributed by atoms with Crippen LogP contribution in [0.2, 0.25) is 5.02 Å². The normalized spacial score (nSPS) is 29.7. The summed E-state index contributed by atoms with van der Waals surface area (Å²) in [5.74, 6) is 0.963. The Morgan fingerprint density at radius 2 is 1.71 bits per heavy atom. The first-order valence-corrected chi connectivity index (χ1v) is 11.1. The lowest BCUT2D eigenvalue weighted by Gasteiger charge is -2.21. The summed E-state index contributed by atoms with van der Waals surface area (Å²) in [5, 5.41) is 7.41. The highest BCUT2D eigenvalue weighted by Gasteiger charge is 2.58. The maximum Gasteiger partial charge on any atom is 0.233 e. The van der Waals surface area contributed by atoms with Crippen LogP contribution in [-0.2, 0) is 15.0 Å². The summed E-state index contributed by atoms with van der Waals surface area (Å²) in [6.07, 6.45) is 7.48. The molecule has 31 heavy (non-hydrogen) atoms. The molecule has 5 rings (SSSR count). The molecule has 2 N–H and O–H groups in total. The molecular weight excluding hydrogens is 527 g/mol. The maximum absolute atomic E-state index is 12.8. The van der Waals surface area contributed by atoms with Crippen LogP contribution in [0.4, 0.5) is 0 Å². The van der Waals surface area contributed by atoms with Gasteiger partial charge < -0.3 is 10.6 Å². The molecule has 1 heterocycles. The van der Waals surface area contributed by atoms with Crippen molar-refractivity contribution < 1.29 is 9.59 Å². The topological polar surface area (TPSA) is 73.8 Å². The van der Waals surface area contributed by atoms with Gasteiger partial charge in [0.1, 0.15) is 0 Å². The minimum atomic E-state index is -0.126. The minimum absolute atomic E-state index is 0. The van der Waals surface area contributed by atoms with Crippen LogP contribution in [0.1, 0.15) is 24.8 Å². The van der Waals surface area contributed by atoms with Crippen molar-refractivity contribution in [3.63, 3.8) is 0 Å². The predicted molar refractivity (Wildman–Crippen MR) is 132 cm³/mol. The van der Waals surface area contributed by atoms with Gasteiger partial charge in [-0.2, -0.15) is 0 Å². The number of guanidine groups is 1. The van der Waals surface area contributed by atoms with Crippen LogP contribution >= 0.6 is 35.6 Å². The van der Waals surface area contributed by atoms with Crippen molar-refractivity contribution in [2.75, 3.05) is 26.7 Å². The highest BCUT2D eigenvalue weighted by Crippen LogP contribution is 2.52. The molecule has 1 aromatic rings. The number of halogens is 2. The molecule has 4 atom stereocenters. The molecule has 0 spiro atoms. The monoisotopic (exact) mass is 554 g/mol. The molecule has 1 aliphatic heterocycles. The number of imide groups is 1. The van der Waals surface area contributed by atoms with E-state index in [4.69, 9.17) is 11.6 Å². The Hall–Kier alpha value is -1.61.